The van der Waals surface area contributed by atoms with E-state index in [1.54, 1.807) is 32.3 Å². The number of thiazole rings is 1. The molecule has 1 atom stereocenters. The zero-order valence-electron chi connectivity index (χ0n) is 24.3. The Balaban J connectivity index is 1.38. The predicted molar refractivity (Wildman–Crippen MR) is 161 cm³/mol. The first-order valence-corrected chi connectivity index (χ1v) is 16.8. The number of carbonyl (C=O) groups excluding carboxylic acids is 2. The van der Waals surface area contributed by atoms with Crippen LogP contribution in [0.15, 0.2) is 46.0 Å². The van der Waals surface area contributed by atoms with E-state index in [4.69, 9.17) is 26.1 Å². The Morgan fingerprint density at radius 2 is 1.88 bits per heavy atom. The fourth-order valence-electron chi connectivity index (χ4n) is 5.62. The highest BCUT2D eigenvalue weighted by molar-refractivity contribution is 7.89. The molecule has 5 rings (SSSR count). The Morgan fingerprint density at radius 3 is 2.47 bits per heavy atom. The number of hydrogen-bond acceptors (Lipinski definition) is 10. The summed E-state index contributed by atoms with van der Waals surface area (Å²) in [4.78, 5) is 34.7. The number of rotatable bonds is 7. The van der Waals surface area contributed by atoms with Crippen LogP contribution in [0.25, 0.3) is 0 Å². The Labute approximate surface area is 259 Å². The van der Waals surface area contributed by atoms with Crippen LogP contribution in [0.5, 0.6) is 0 Å². The van der Waals surface area contributed by atoms with Crippen LogP contribution >= 0.6 is 22.9 Å². The molecular weight excluding hydrogens is 619 g/mol. The molecule has 232 valence electrons. The van der Waals surface area contributed by atoms with E-state index < -0.39 is 44.6 Å². The van der Waals surface area contributed by atoms with Crippen molar-refractivity contribution in [3.63, 3.8) is 0 Å². The van der Waals surface area contributed by atoms with Crippen molar-refractivity contribution in [2.24, 2.45) is 16.8 Å². The summed E-state index contributed by atoms with van der Waals surface area (Å²) in [6.07, 6.45) is 2.98. The molecule has 3 aliphatic rings. The number of aliphatic imine (C=N–C) groups is 1. The van der Waals surface area contributed by atoms with Crippen molar-refractivity contribution in [3.8, 4) is 0 Å². The number of hydrogen-bond donors (Lipinski definition) is 1. The van der Waals surface area contributed by atoms with E-state index in [1.165, 1.54) is 41.0 Å². The van der Waals surface area contributed by atoms with Crippen molar-refractivity contribution >= 4 is 50.7 Å². The third-order valence-corrected chi connectivity index (χ3v) is 11.3. The Kier molecular flexibility index (Phi) is 8.99. The van der Waals surface area contributed by atoms with E-state index in [2.05, 4.69) is 10.3 Å². The van der Waals surface area contributed by atoms with Gasteiger partial charge in [0.05, 0.1) is 23.9 Å². The number of carbonyl (C=O) groups is 2. The van der Waals surface area contributed by atoms with Gasteiger partial charge in [-0.15, -0.1) is 11.3 Å². The van der Waals surface area contributed by atoms with E-state index in [-0.39, 0.29) is 48.4 Å². The summed E-state index contributed by atoms with van der Waals surface area (Å²) in [6.45, 7) is 5.84. The summed E-state index contributed by atoms with van der Waals surface area (Å²) in [5.74, 6) is -1.73. The van der Waals surface area contributed by atoms with Crippen LogP contribution in [-0.2, 0) is 29.1 Å². The summed E-state index contributed by atoms with van der Waals surface area (Å²) in [7, 11) is -2.35. The number of amidine groups is 1. The fraction of sp³-hybridized carbons (Fsp3) is 0.517. The molecule has 2 fully saturated rings. The van der Waals surface area contributed by atoms with Crippen LogP contribution in [0, 0.1) is 17.7 Å². The van der Waals surface area contributed by atoms with Crippen LogP contribution in [0.2, 0.25) is 5.02 Å². The van der Waals surface area contributed by atoms with E-state index >= 15 is 0 Å². The van der Waals surface area contributed by atoms with E-state index in [0.29, 0.717) is 34.9 Å². The van der Waals surface area contributed by atoms with E-state index in [9.17, 15) is 22.4 Å². The van der Waals surface area contributed by atoms with Crippen molar-refractivity contribution in [1.29, 1.82) is 0 Å². The zero-order chi connectivity index (χ0) is 31.1. The summed E-state index contributed by atoms with van der Waals surface area (Å²) < 4.78 is 52.9. The minimum Gasteiger partial charge on any atom is -0.466 e. The standard InChI is InChI=1S/C29H34ClFN4O6S2/c1-29(2,3)41-27(36)17-13-19(14-17)43(38,39)35-10-7-16(8-11-35)23-22(28(37)40-4)24(20-6-5-18(31)15-21(20)30)34-25(33-23)26-32-9-12-42-26/h5-6,9,12,15-17,19,24H,7-8,10-11,13-14H2,1-4H3,(H,33,34)/t17?,19?,24-/m1/s1. The van der Waals surface area contributed by atoms with Gasteiger partial charge in [-0.05, 0) is 58.6 Å². The van der Waals surface area contributed by atoms with Crippen molar-refractivity contribution < 1.29 is 31.9 Å². The summed E-state index contributed by atoms with van der Waals surface area (Å²) in [5.41, 5.74) is 0.597. The number of aromatic nitrogens is 1. The smallest absolute Gasteiger partial charge is 0.338 e. The number of nitrogens with one attached hydrogen (secondary N) is 1. The molecule has 1 aromatic heterocycles. The number of esters is 2. The number of piperidine rings is 1. The highest BCUT2D eigenvalue weighted by atomic mass is 35.5. The lowest BCUT2D eigenvalue weighted by Gasteiger charge is -2.40. The highest BCUT2D eigenvalue weighted by Crippen LogP contribution is 2.42. The number of methoxy groups -OCH3 is 1. The highest BCUT2D eigenvalue weighted by Gasteiger charge is 2.47. The molecule has 0 spiro atoms. The van der Waals surface area contributed by atoms with Crippen LogP contribution in [-0.4, -0.2) is 66.5 Å². The third-order valence-electron chi connectivity index (χ3n) is 7.85. The maximum Gasteiger partial charge on any atom is 0.338 e. The number of sulfonamides is 1. The number of benzene rings is 1. The molecule has 0 radical (unpaired) electrons. The molecule has 0 unspecified atom stereocenters. The quantitative estimate of drug-likeness (QED) is 0.430. The Bertz CT molecular complexity index is 1560. The first-order valence-electron chi connectivity index (χ1n) is 14.0. The minimum absolute atomic E-state index is 0.112. The SMILES string of the molecule is COC(=O)C1=C(C2CCN(S(=O)(=O)C3CC(C(=O)OC(C)(C)C)C3)CC2)NC(c2nccs2)=N[C@@H]1c1ccc(F)cc1Cl. The molecule has 1 N–H and O–H groups in total. The number of ether oxygens (including phenoxy) is 2. The largest absolute Gasteiger partial charge is 0.466 e. The normalized spacial score (nSPS) is 23.7. The maximum absolute atomic E-state index is 13.9. The lowest BCUT2D eigenvalue weighted by atomic mass is 9.85. The van der Waals surface area contributed by atoms with Gasteiger partial charge in [-0.1, -0.05) is 17.7 Å². The topological polar surface area (TPSA) is 127 Å². The molecule has 1 saturated carbocycles. The first-order chi connectivity index (χ1) is 20.3. The van der Waals surface area contributed by atoms with Gasteiger partial charge in [-0.25, -0.2) is 26.9 Å². The Hall–Kier alpha value is -2.87. The fourth-order valence-corrected chi connectivity index (χ4v) is 8.57. The van der Waals surface area contributed by atoms with Gasteiger partial charge in [-0.2, -0.15) is 0 Å². The number of nitrogens with zero attached hydrogens (tertiary/aromatic N) is 3. The average molecular weight is 653 g/mol. The van der Waals surface area contributed by atoms with Crippen molar-refractivity contribution in [2.75, 3.05) is 20.2 Å². The molecule has 3 heterocycles. The molecule has 14 heteroatoms. The van der Waals surface area contributed by atoms with Gasteiger partial charge in [0.15, 0.2) is 10.8 Å². The number of allylic oxidation sites excluding steroid dienone is 1. The molecule has 1 aliphatic carbocycles. The molecule has 1 saturated heterocycles. The van der Waals surface area contributed by atoms with Gasteiger partial charge in [0, 0.05) is 46.9 Å². The molecule has 2 aliphatic heterocycles. The molecule has 0 bridgehead atoms. The molecule has 1 aromatic carbocycles. The van der Waals surface area contributed by atoms with Crippen LogP contribution in [0.3, 0.4) is 0 Å². The van der Waals surface area contributed by atoms with Gasteiger partial charge in [0.25, 0.3) is 0 Å². The van der Waals surface area contributed by atoms with Crippen LogP contribution in [0.4, 0.5) is 4.39 Å². The minimum atomic E-state index is -3.62. The van der Waals surface area contributed by atoms with Crippen LogP contribution < -0.4 is 5.32 Å². The summed E-state index contributed by atoms with van der Waals surface area (Å²) in [5, 5.41) is 5.17. The predicted octanol–water partition coefficient (Wildman–Crippen LogP) is 4.62. The molecule has 10 nitrogen and oxygen atoms in total. The summed E-state index contributed by atoms with van der Waals surface area (Å²) in [6, 6.07) is 3.03. The third kappa shape index (κ3) is 6.64. The maximum atomic E-state index is 13.9. The summed E-state index contributed by atoms with van der Waals surface area (Å²) >= 11 is 7.80. The van der Waals surface area contributed by atoms with Gasteiger partial charge < -0.3 is 14.8 Å². The average Bonchev–Trinajstić information content (AvgIpc) is 3.45. The van der Waals surface area contributed by atoms with E-state index in [1.807, 2.05) is 0 Å². The van der Waals surface area contributed by atoms with Crippen molar-refractivity contribution in [1.82, 2.24) is 14.6 Å². The van der Waals surface area contributed by atoms with Gasteiger partial charge in [-0.3, -0.25) is 9.79 Å². The first kappa shape index (κ1) is 31.6. The lowest BCUT2D eigenvalue weighted by molar-refractivity contribution is -0.162. The Morgan fingerprint density at radius 1 is 1.19 bits per heavy atom. The van der Waals surface area contributed by atoms with Crippen molar-refractivity contribution in [2.45, 2.75) is 63.3 Å². The molecular formula is C29H34ClFN4O6S2. The molecule has 2 aromatic rings. The molecule has 43 heavy (non-hydrogen) atoms. The molecule has 0 amide bonds. The van der Waals surface area contributed by atoms with Gasteiger partial charge in [0.1, 0.15) is 17.5 Å². The van der Waals surface area contributed by atoms with Gasteiger partial charge >= 0.3 is 11.9 Å². The lowest BCUT2D eigenvalue weighted by Crippen LogP contribution is -2.50. The van der Waals surface area contributed by atoms with Crippen molar-refractivity contribution in [3.05, 3.63) is 62.5 Å². The van der Waals surface area contributed by atoms with E-state index in [0.717, 1.165) is 0 Å². The number of halogens is 2. The monoisotopic (exact) mass is 652 g/mol. The zero-order valence-corrected chi connectivity index (χ0v) is 26.7. The second kappa shape index (κ2) is 12.3. The second-order valence-electron chi connectivity index (χ2n) is 11.9. The van der Waals surface area contributed by atoms with Gasteiger partial charge in [0.2, 0.25) is 10.0 Å². The second-order valence-corrected chi connectivity index (χ2v) is 15.4. The van der Waals surface area contributed by atoms with Crippen LogP contribution in [0.1, 0.15) is 63.1 Å².